The zero-order chi connectivity index (χ0) is 10.7. The van der Waals surface area contributed by atoms with Gasteiger partial charge in [-0.1, -0.05) is 6.07 Å². The number of hydrogen-bond acceptors (Lipinski definition) is 3. The van der Waals surface area contributed by atoms with E-state index in [0.717, 1.165) is 24.0 Å². The molecule has 0 aliphatic heterocycles. The molecule has 0 saturated heterocycles. The number of aromatic nitrogens is 2. The molecular weight excluding hydrogens is 210 g/mol. The third-order valence-electron chi connectivity index (χ3n) is 2.28. The van der Waals surface area contributed by atoms with Crippen LogP contribution in [0.25, 0.3) is 11.0 Å². The molecule has 4 nitrogen and oxygen atoms in total. The first kappa shape index (κ1) is 10.3. The first-order valence-corrected chi connectivity index (χ1v) is 5.45. The van der Waals surface area contributed by atoms with Crippen molar-refractivity contribution in [2.24, 2.45) is 0 Å². The first-order chi connectivity index (χ1) is 7.29. The predicted octanol–water partition coefficient (Wildman–Crippen LogP) is 0.876. The van der Waals surface area contributed by atoms with Crippen LogP contribution in [-0.2, 0) is 6.42 Å². The number of aromatic amines is 2. The molecule has 0 aliphatic carbocycles. The fraction of sp³-hybridized carbons (Fsp3) is 0.300. The van der Waals surface area contributed by atoms with Crippen LogP contribution < -0.4 is 11.0 Å². The normalized spacial score (nSPS) is 11.0. The second-order valence-electron chi connectivity index (χ2n) is 3.37. The van der Waals surface area contributed by atoms with Gasteiger partial charge in [-0.2, -0.15) is 12.6 Å². The summed E-state index contributed by atoms with van der Waals surface area (Å²) in [5, 5.41) is 3.13. The molecule has 80 valence electrons. The third-order valence-corrected chi connectivity index (χ3v) is 2.51. The van der Waals surface area contributed by atoms with Gasteiger partial charge in [0.15, 0.2) is 0 Å². The van der Waals surface area contributed by atoms with Gasteiger partial charge in [0.2, 0.25) is 0 Å². The summed E-state index contributed by atoms with van der Waals surface area (Å²) in [4.78, 5) is 16.5. The summed E-state index contributed by atoms with van der Waals surface area (Å²) in [6.07, 6.45) is 0.934. The van der Waals surface area contributed by atoms with Gasteiger partial charge < -0.3 is 15.3 Å². The lowest BCUT2D eigenvalue weighted by Gasteiger charge is -2.01. The Bertz CT molecular complexity index is 503. The topological polar surface area (TPSA) is 60.7 Å². The summed E-state index contributed by atoms with van der Waals surface area (Å²) in [5.41, 5.74) is 2.76. The van der Waals surface area contributed by atoms with Gasteiger partial charge in [-0.15, -0.1) is 0 Å². The number of fused-ring (bicyclic) bond motifs is 1. The number of rotatable bonds is 4. The fourth-order valence-corrected chi connectivity index (χ4v) is 1.71. The van der Waals surface area contributed by atoms with Crippen LogP contribution in [0.5, 0.6) is 0 Å². The lowest BCUT2D eigenvalue weighted by molar-refractivity contribution is 0.777. The van der Waals surface area contributed by atoms with Crippen molar-refractivity contribution >= 4 is 23.7 Å². The van der Waals surface area contributed by atoms with Crippen molar-refractivity contribution in [3.63, 3.8) is 0 Å². The van der Waals surface area contributed by atoms with Gasteiger partial charge in [0.1, 0.15) is 0 Å². The predicted molar refractivity (Wildman–Crippen MR) is 64.5 cm³/mol. The lowest BCUT2D eigenvalue weighted by atomic mass is 10.1. The maximum Gasteiger partial charge on any atom is 0.323 e. The highest BCUT2D eigenvalue weighted by atomic mass is 32.1. The summed E-state index contributed by atoms with van der Waals surface area (Å²) in [5.74, 6) is 0.684. The number of hydrogen-bond donors (Lipinski definition) is 4. The SMILES string of the molecule is O=c1[nH]c2ccc(CCNCS)cc2[nH]1. The quantitative estimate of drug-likeness (QED) is 0.353. The second kappa shape index (κ2) is 4.55. The molecule has 2 rings (SSSR count). The Morgan fingerprint density at radius 2 is 2.07 bits per heavy atom. The molecule has 0 saturated carbocycles. The number of benzene rings is 1. The molecule has 1 aromatic carbocycles. The fourth-order valence-electron chi connectivity index (χ4n) is 1.55. The standard InChI is InChI=1S/C10H13N3OS/c14-10-12-8-2-1-7(3-4-11-6-15)5-9(8)13-10/h1-2,5,11,15H,3-4,6H2,(H2,12,13,14). The Morgan fingerprint density at radius 3 is 2.87 bits per heavy atom. The molecule has 0 aliphatic rings. The smallest absolute Gasteiger partial charge is 0.308 e. The highest BCUT2D eigenvalue weighted by Gasteiger charge is 1.99. The molecule has 0 atom stereocenters. The molecule has 15 heavy (non-hydrogen) atoms. The van der Waals surface area contributed by atoms with E-state index in [1.807, 2.05) is 18.2 Å². The van der Waals surface area contributed by atoms with E-state index in [-0.39, 0.29) is 5.69 Å². The van der Waals surface area contributed by atoms with Crippen LogP contribution in [0.1, 0.15) is 5.56 Å². The summed E-state index contributed by atoms with van der Waals surface area (Å²) < 4.78 is 0. The Kier molecular flexibility index (Phi) is 3.13. The Balaban J connectivity index is 2.19. The number of thiol groups is 1. The van der Waals surface area contributed by atoms with Gasteiger partial charge in [-0.3, -0.25) is 0 Å². The monoisotopic (exact) mass is 223 g/mol. The van der Waals surface area contributed by atoms with Gasteiger partial charge in [0.25, 0.3) is 0 Å². The zero-order valence-electron chi connectivity index (χ0n) is 8.21. The average molecular weight is 223 g/mol. The van der Waals surface area contributed by atoms with E-state index in [0.29, 0.717) is 5.88 Å². The van der Waals surface area contributed by atoms with Crippen molar-refractivity contribution in [1.29, 1.82) is 0 Å². The summed E-state index contributed by atoms with van der Waals surface area (Å²) in [6, 6.07) is 5.93. The molecule has 0 spiro atoms. The molecule has 0 amide bonds. The van der Waals surface area contributed by atoms with Gasteiger partial charge in [0, 0.05) is 5.88 Å². The minimum atomic E-state index is -0.157. The van der Waals surface area contributed by atoms with Crippen molar-refractivity contribution in [3.8, 4) is 0 Å². The van der Waals surface area contributed by atoms with Crippen molar-refractivity contribution in [2.45, 2.75) is 6.42 Å². The third kappa shape index (κ3) is 2.43. The van der Waals surface area contributed by atoms with Gasteiger partial charge >= 0.3 is 5.69 Å². The van der Waals surface area contributed by atoms with Crippen LogP contribution in [0.15, 0.2) is 23.0 Å². The van der Waals surface area contributed by atoms with E-state index in [9.17, 15) is 4.79 Å². The van der Waals surface area contributed by atoms with Crippen molar-refractivity contribution < 1.29 is 0 Å². The van der Waals surface area contributed by atoms with Crippen molar-refractivity contribution in [1.82, 2.24) is 15.3 Å². The molecule has 1 heterocycles. The maximum atomic E-state index is 11.0. The maximum absolute atomic E-state index is 11.0. The second-order valence-corrected chi connectivity index (χ2v) is 3.68. The Labute approximate surface area is 92.5 Å². The van der Waals surface area contributed by atoms with E-state index in [1.54, 1.807) is 0 Å². The average Bonchev–Trinajstić information content (AvgIpc) is 2.57. The lowest BCUT2D eigenvalue weighted by Crippen LogP contribution is -2.14. The van der Waals surface area contributed by atoms with E-state index in [2.05, 4.69) is 27.9 Å². The molecule has 2 aromatic rings. The molecule has 3 N–H and O–H groups in total. The molecular formula is C10H13N3OS. The Hall–Kier alpha value is -1.20. The Morgan fingerprint density at radius 1 is 1.27 bits per heavy atom. The molecule has 0 bridgehead atoms. The zero-order valence-corrected chi connectivity index (χ0v) is 9.10. The van der Waals surface area contributed by atoms with Crippen LogP contribution in [0.3, 0.4) is 0 Å². The largest absolute Gasteiger partial charge is 0.323 e. The van der Waals surface area contributed by atoms with Crippen molar-refractivity contribution in [2.75, 3.05) is 12.4 Å². The molecule has 0 radical (unpaired) electrons. The van der Waals surface area contributed by atoms with E-state index in [1.165, 1.54) is 5.56 Å². The summed E-state index contributed by atoms with van der Waals surface area (Å²) in [7, 11) is 0. The van der Waals surface area contributed by atoms with E-state index in [4.69, 9.17) is 0 Å². The molecule has 1 aromatic heterocycles. The molecule has 5 heteroatoms. The van der Waals surface area contributed by atoms with Crippen LogP contribution in [0.4, 0.5) is 0 Å². The van der Waals surface area contributed by atoms with Gasteiger partial charge in [0.05, 0.1) is 11.0 Å². The van der Waals surface area contributed by atoms with Crippen LogP contribution in [-0.4, -0.2) is 22.4 Å². The molecule has 0 fully saturated rings. The number of nitrogens with one attached hydrogen (secondary N) is 3. The summed E-state index contributed by atoms with van der Waals surface area (Å²) >= 11 is 4.07. The summed E-state index contributed by atoms with van der Waals surface area (Å²) in [6.45, 7) is 0.893. The highest BCUT2D eigenvalue weighted by Crippen LogP contribution is 2.10. The number of H-pyrrole nitrogens is 2. The number of imidazole rings is 1. The minimum absolute atomic E-state index is 0.157. The van der Waals surface area contributed by atoms with Crippen LogP contribution in [0.2, 0.25) is 0 Å². The minimum Gasteiger partial charge on any atom is -0.308 e. The van der Waals surface area contributed by atoms with E-state index < -0.39 is 0 Å². The van der Waals surface area contributed by atoms with E-state index >= 15 is 0 Å². The van der Waals surface area contributed by atoms with Crippen LogP contribution >= 0.6 is 12.6 Å². The van der Waals surface area contributed by atoms with Crippen molar-refractivity contribution in [3.05, 3.63) is 34.2 Å². The van der Waals surface area contributed by atoms with Gasteiger partial charge in [-0.25, -0.2) is 4.79 Å². The van der Waals surface area contributed by atoms with Gasteiger partial charge in [-0.05, 0) is 30.7 Å². The van der Waals surface area contributed by atoms with Crippen LogP contribution in [0, 0.1) is 0 Å². The highest BCUT2D eigenvalue weighted by molar-refractivity contribution is 7.80. The molecule has 0 unspecified atom stereocenters. The first-order valence-electron chi connectivity index (χ1n) is 4.82.